The Labute approximate surface area is 280 Å². The molecule has 0 atom stereocenters. The number of hydrogen-bond donors (Lipinski definition) is 0. The van der Waals surface area contributed by atoms with Crippen LogP contribution in [0.2, 0.25) is 0 Å². The van der Waals surface area contributed by atoms with Gasteiger partial charge >= 0.3 is 0 Å². The van der Waals surface area contributed by atoms with Gasteiger partial charge in [0.25, 0.3) is 0 Å². The average Bonchev–Trinajstić information content (AvgIpc) is 3.12. The molecule has 10 aromatic carbocycles. The Bertz CT molecular complexity index is 2840. The van der Waals surface area contributed by atoms with Crippen molar-refractivity contribution >= 4 is 75.4 Å². The molecule has 0 fully saturated rings. The molecule has 0 N–H and O–H groups in total. The lowest BCUT2D eigenvalue weighted by atomic mass is 9.81. The van der Waals surface area contributed by atoms with Gasteiger partial charge in [-0.25, -0.2) is 0 Å². The monoisotopic (exact) mass is 610 g/mol. The SMILES string of the molecule is CC(C)(C)c1cc2ccc3ccc(-c4c5ccccc5c(-c5cc6ccccc6c6ccccc56)c5ccccc45)c4ccc(c1)c2c34. The Morgan fingerprint density at radius 1 is 0.312 bits per heavy atom. The van der Waals surface area contributed by atoms with Crippen molar-refractivity contribution in [1.82, 2.24) is 0 Å². The molecule has 0 bridgehead atoms. The van der Waals surface area contributed by atoms with Crippen LogP contribution in [0.1, 0.15) is 26.3 Å². The Morgan fingerprint density at radius 2 is 0.792 bits per heavy atom. The smallest absolute Gasteiger partial charge is 0.00199 e. The van der Waals surface area contributed by atoms with Crippen LogP contribution in [0.25, 0.3) is 97.7 Å². The predicted octanol–water partition coefficient (Wildman–Crippen LogP) is 13.8. The molecule has 0 saturated carbocycles. The van der Waals surface area contributed by atoms with Gasteiger partial charge < -0.3 is 0 Å². The minimum Gasteiger partial charge on any atom is -0.0616 e. The second kappa shape index (κ2) is 9.89. The quantitative estimate of drug-likeness (QED) is 0.135. The van der Waals surface area contributed by atoms with Crippen LogP contribution in [0.5, 0.6) is 0 Å². The molecule has 0 spiro atoms. The molecular weight excluding hydrogens is 577 g/mol. The van der Waals surface area contributed by atoms with Crippen molar-refractivity contribution in [3.63, 3.8) is 0 Å². The van der Waals surface area contributed by atoms with Crippen LogP contribution in [0.3, 0.4) is 0 Å². The fourth-order valence-corrected chi connectivity index (χ4v) is 8.44. The normalized spacial score (nSPS) is 12.5. The van der Waals surface area contributed by atoms with Crippen LogP contribution >= 0.6 is 0 Å². The lowest BCUT2D eigenvalue weighted by Crippen LogP contribution is -2.10. The van der Waals surface area contributed by atoms with Crippen LogP contribution in [0, 0.1) is 0 Å². The minimum absolute atomic E-state index is 0.0888. The largest absolute Gasteiger partial charge is 0.0616 e. The van der Waals surface area contributed by atoms with Gasteiger partial charge in [0, 0.05) is 0 Å². The van der Waals surface area contributed by atoms with E-state index < -0.39 is 0 Å². The van der Waals surface area contributed by atoms with E-state index in [1.807, 2.05) is 0 Å². The highest BCUT2D eigenvalue weighted by Crippen LogP contribution is 2.49. The van der Waals surface area contributed by atoms with Gasteiger partial charge in [0.1, 0.15) is 0 Å². The first-order valence-electron chi connectivity index (χ1n) is 17.0. The lowest BCUT2D eigenvalue weighted by molar-refractivity contribution is 0.591. The summed E-state index contributed by atoms with van der Waals surface area (Å²) in [5.74, 6) is 0. The topological polar surface area (TPSA) is 0 Å². The average molecular weight is 611 g/mol. The maximum absolute atomic E-state index is 2.41. The minimum atomic E-state index is 0.0888. The third-order valence-electron chi connectivity index (χ3n) is 10.7. The summed E-state index contributed by atoms with van der Waals surface area (Å²) < 4.78 is 0. The van der Waals surface area contributed by atoms with E-state index in [2.05, 4.69) is 172 Å². The van der Waals surface area contributed by atoms with E-state index in [-0.39, 0.29) is 5.41 Å². The zero-order valence-electron chi connectivity index (χ0n) is 27.4. The summed E-state index contributed by atoms with van der Waals surface area (Å²) in [6, 6.07) is 57.1. The Morgan fingerprint density at radius 3 is 1.42 bits per heavy atom. The summed E-state index contributed by atoms with van der Waals surface area (Å²) in [6.07, 6.45) is 0. The van der Waals surface area contributed by atoms with Crippen LogP contribution in [0.15, 0.2) is 152 Å². The van der Waals surface area contributed by atoms with Gasteiger partial charge in [0.2, 0.25) is 0 Å². The van der Waals surface area contributed by atoms with Crippen LogP contribution < -0.4 is 0 Å². The Kier molecular flexibility index (Phi) is 5.65. The summed E-state index contributed by atoms with van der Waals surface area (Å²) in [4.78, 5) is 0. The molecular formula is C48H34. The molecule has 0 aromatic heterocycles. The van der Waals surface area contributed by atoms with E-state index in [0.717, 1.165) is 0 Å². The molecule has 10 aromatic rings. The summed E-state index contributed by atoms with van der Waals surface area (Å²) in [5.41, 5.74) is 6.66. The van der Waals surface area contributed by atoms with Gasteiger partial charge in [0.05, 0.1) is 0 Å². The molecule has 0 radical (unpaired) electrons. The molecule has 0 aliphatic rings. The van der Waals surface area contributed by atoms with Crippen molar-refractivity contribution < 1.29 is 0 Å². The number of hydrogen-bond acceptors (Lipinski definition) is 0. The van der Waals surface area contributed by atoms with Crippen LogP contribution in [-0.4, -0.2) is 0 Å². The fourth-order valence-electron chi connectivity index (χ4n) is 8.44. The number of benzene rings is 10. The first-order chi connectivity index (χ1) is 23.5. The van der Waals surface area contributed by atoms with Gasteiger partial charge in [-0.1, -0.05) is 166 Å². The summed E-state index contributed by atoms with van der Waals surface area (Å²) in [6.45, 7) is 6.91. The van der Waals surface area contributed by atoms with Gasteiger partial charge in [-0.15, -0.1) is 0 Å². The van der Waals surface area contributed by atoms with E-state index in [4.69, 9.17) is 0 Å². The molecule has 10 rings (SSSR count). The molecule has 0 saturated heterocycles. The predicted molar refractivity (Wildman–Crippen MR) is 210 cm³/mol. The van der Waals surface area contributed by atoms with E-state index in [1.54, 1.807) is 0 Å². The Hall–Kier alpha value is -5.72. The van der Waals surface area contributed by atoms with Crippen molar-refractivity contribution in [1.29, 1.82) is 0 Å². The van der Waals surface area contributed by atoms with E-state index >= 15 is 0 Å². The molecule has 0 aliphatic heterocycles. The van der Waals surface area contributed by atoms with Crippen molar-refractivity contribution in [2.75, 3.05) is 0 Å². The standard InChI is InChI=1S/C48H34/c1-48(2,3)33-26-31-21-20-29-22-24-42(41-25-23-32(27-33)44(31)45(29)41)46-37-16-8-10-18-39(37)47(40-19-11-9-17-38(40)46)43-28-30-12-4-5-13-34(30)35-14-6-7-15-36(35)43/h4-28H,1-3H3. The van der Waals surface area contributed by atoms with Crippen LogP contribution in [0.4, 0.5) is 0 Å². The Balaban J connectivity index is 1.34. The van der Waals surface area contributed by atoms with Gasteiger partial charge in [-0.05, 0) is 115 Å². The van der Waals surface area contributed by atoms with E-state index in [1.165, 1.54) is 103 Å². The third-order valence-corrected chi connectivity index (χ3v) is 10.7. The highest BCUT2D eigenvalue weighted by atomic mass is 14.3. The zero-order chi connectivity index (χ0) is 32.1. The second-order valence-electron chi connectivity index (χ2n) is 14.5. The van der Waals surface area contributed by atoms with Crippen molar-refractivity contribution in [2.24, 2.45) is 0 Å². The molecule has 0 nitrogen and oxygen atoms in total. The lowest BCUT2D eigenvalue weighted by Gasteiger charge is -2.23. The zero-order valence-corrected chi connectivity index (χ0v) is 27.4. The fraction of sp³-hybridized carbons (Fsp3) is 0.0833. The van der Waals surface area contributed by atoms with Gasteiger partial charge in [0.15, 0.2) is 0 Å². The first kappa shape index (κ1) is 27.4. The van der Waals surface area contributed by atoms with Crippen molar-refractivity contribution in [3.05, 3.63) is 157 Å². The molecule has 0 heteroatoms. The maximum atomic E-state index is 2.41. The van der Waals surface area contributed by atoms with E-state index in [9.17, 15) is 0 Å². The molecule has 48 heavy (non-hydrogen) atoms. The van der Waals surface area contributed by atoms with Gasteiger partial charge in [-0.3, -0.25) is 0 Å². The highest BCUT2D eigenvalue weighted by Gasteiger charge is 2.22. The van der Waals surface area contributed by atoms with Gasteiger partial charge in [-0.2, -0.15) is 0 Å². The molecule has 0 aliphatic carbocycles. The summed E-state index contributed by atoms with van der Waals surface area (Å²) in [7, 11) is 0. The summed E-state index contributed by atoms with van der Waals surface area (Å²) >= 11 is 0. The second-order valence-corrected chi connectivity index (χ2v) is 14.5. The van der Waals surface area contributed by atoms with Crippen molar-refractivity contribution in [3.8, 4) is 22.3 Å². The number of rotatable bonds is 2. The number of fused-ring (bicyclic) bond motifs is 5. The molecule has 0 unspecified atom stereocenters. The highest BCUT2D eigenvalue weighted by molar-refractivity contribution is 6.30. The molecule has 226 valence electrons. The van der Waals surface area contributed by atoms with E-state index in [0.29, 0.717) is 0 Å². The molecule has 0 heterocycles. The summed E-state index contributed by atoms with van der Waals surface area (Å²) in [5, 5.41) is 18.3. The molecule has 0 amide bonds. The van der Waals surface area contributed by atoms with Crippen molar-refractivity contribution in [2.45, 2.75) is 26.2 Å². The third kappa shape index (κ3) is 3.84. The first-order valence-corrected chi connectivity index (χ1v) is 17.0. The maximum Gasteiger partial charge on any atom is -0.00199 e. The van der Waals surface area contributed by atoms with Crippen LogP contribution in [-0.2, 0) is 5.41 Å².